The summed E-state index contributed by atoms with van der Waals surface area (Å²) in [6.07, 6.45) is 2.97. The molecule has 26 heavy (non-hydrogen) atoms. The Kier molecular flexibility index (Phi) is 5.44. The highest BCUT2D eigenvalue weighted by Crippen LogP contribution is 2.27. The SMILES string of the molecule is CCc1ccccc1-n1c(C)cc(/C=C(/C#N)c2ccc(Br)cc2)c1C. The predicted octanol–water partition coefficient (Wildman–Crippen LogP) is 6.48. The van der Waals surface area contributed by atoms with E-state index in [4.69, 9.17) is 0 Å². The van der Waals surface area contributed by atoms with Crippen LogP contribution in [0.1, 0.15) is 35.0 Å². The molecule has 0 aliphatic rings. The van der Waals surface area contributed by atoms with Gasteiger partial charge in [-0.1, -0.05) is 53.2 Å². The largest absolute Gasteiger partial charge is 0.318 e. The molecule has 0 aliphatic carbocycles. The number of allylic oxidation sites excluding steroid dienone is 1. The topological polar surface area (TPSA) is 28.7 Å². The quantitative estimate of drug-likeness (QED) is 0.457. The van der Waals surface area contributed by atoms with Crippen LogP contribution in [-0.4, -0.2) is 4.57 Å². The molecule has 3 heteroatoms. The summed E-state index contributed by atoms with van der Waals surface area (Å²) >= 11 is 3.44. The van der Waals surface area contributed by atoms with Crippen molar-refractivity contribution in [1.29, 1.82) is 5.26 Å². The summed E-state index contributed by atoms with van der Waals surface area (Å²) in [5.74, 6) is 0. The van der Waals surface area contributed by atoms with E-state index in [2.05, 4.69) is 77.7 Å². The number of aryl methyl sites for hydroxylation is 2. The first-order valence-corrected chi connectivity index (χ1v) is 9.49. The van der Waals surface area contributed by atoms with Crippen LogP contribution < -0.4 is 0 Å². The molecule has 0 aliphatic heterocycles. The molecule has 0 unspecified atom stereocenters. The van der Waals surface area contributed by atoms with Crippen LogP contribution in [0.3, 0.4) is 0 Å². The number of hydrogen-bond donors (Lipinski definition) is 0. The monoisotopic (exact) mass is 404 g/mol. The molecule has 0 fully saturated rings. The van der Waals surface area contributed by atoms with E-state index in [0.717, 1.165) is 27.7 Å². The van der Waals surface area contributed by atoms with Gasteiger partial charge in [0.1, 0.15) is 0 Å². The van der Waals surface area contributed by atoms with Gasteiger partial charge in [0.2, 0.25) is 0 Å². The van der Waals surface area contributed by atoms with Gasteiger partial charge in [-0.05, 0) is 67.3 Å². The Balaban J connectivity index is 2.10. The van der Waals surface area contributed by atoms with Gasteiger partial charge >= 0.3 is 0 Å². The summed E-state index contributed by atoms with van der Waals surface area (Å²) in [5, 5.41) is 9.64. The van der Waals surface area contributed by atoms with E-state index >= 15 is 0 Å². The van der Waals surface area contributed by atoms with E-state index in [9.17, 15) is 5.26 Å². The van der Waals surface area contributed by atoms with Crippen molar-refractivity contribution in [1.82, 2.24) is 4.57 Å². The summed E-state index contributed by atoms with van der Waals surface area (Å²) in [4.78, 5) is 0. The predicted molar refractivity (Wildman–Crippen MR) is 112 cm³/mol. The molecule has 0 saturated heterocycles. The van der Waals surface area contributed by atoms with Crippen molar-refractivity contribution in [3.8, 4) is 11.8 Å². The van der Waals surface area contributed by atoms with Crippen molar-refractivity contribution in [3.05, 3.63) is 87.1 Å². The highest BCUT2D eigenvalue weighted by atomic mass is 79.9. The van der Waals surface area contributed by atoms with Crippen LogP contribution in [0.5, 0.6) is 0 Å². The molecule has 0 saturated carbocycles. The van der Waals surface area contributed by atoms with E-state index in [1.807, 2.05) is 30.3 Å². The van der Waals surface area contributed by atoms with Gasteiger partial charge in [0.25, 0.3) is 0 Å². The third-order valence-electron chi connectivity index (χ3n) is 4.66. The first-order chi connectivity index (χ1) is 12.5. The lowest BCUT2D eigenvalue weighted by Gasteiger charge is -2.14. The third kappa shape index (κ3) is 3.52. The Morgan fingerprint density at radius 1 is 1.12 bits per heavy atom. The van der Waals surface area contributed by atoms with Crippen LogP contribution in [-0.2, 0) is 6.42 Å². The maximum Gasteiger partial charge on any atom is 0.0998 e. The average Bonchev–Trinajstić information content (AvgIpc) is 2.93. The van der Waals surface area contributed by atoms with Crippen LogP contribution in [0.25, 0.3) is 17.3 Å². The van der Waals surface area contributed by atoms with Crippen LogP contribution in [0.15, 0.2) is 59.1 Å². The van der Waals surface area contributed by atoms with Gasteiger partial charge < -0.3 is 4.57 Å². The second kappa shape index (κ2) is 7.76. The van der Waals surface area contributed by atoms with Crippen molar-refractivity contribution >= 4 is 27.6 Å². The first kappa shape index (κ1) is 18.2. The van der Waals surface area contributed by atoms with Crippen molar-refractivity contribution in [2.24, 2.45) is 0 Å². The molecular weight excluding hydrogens is 384 g/mol. The average molecular weight is 405 g/mol. The maximum absolute atomic E-state index is 9.64. The Hall–Kier alpha value is -2.57. The fourth-order valence-corrected chi connectivity index (χ4v) is 3.56. The van der Waals surface area contributed by atoms with E-state index in [-0.39, 0.29) is 0 Å². The molecule has 2 aromatic carbocycles. The lowest BCUT2D eigenvalue weighted by molar-refractivity contribution is 0.936. The molecular formula is C23H21BrN2. The van der Waals surface area contributed by atoms with Crippen molar-refractivity contribution in [2.75, 3.05) is 0 Å². The molecule has 0 bridgehead atoms. The maximum atomic E-state index is 9.64. The van der Waals surface area contributed by atoms with Gasteiger partial charge in [0, 0.05) is 21.5 Å². The Morgan fingerprint density at radius 3 is 2.46 bits per heavy atom. The molecule has 130 valence electrons. The number of halogens is 1. The van der Waals surface area contributed by atoms with Gasteiger partial charge in [-0.15, -0.1) is 0 Å². The molecule has 0 spiro atoms. The van der Waals surface area contributed by atoms with Crippen LogP contribution >= 0.6 is 15.9 Å². The summed E-state index contributed by atoms with van der Waals surface area (Å²) in [6.45, 7) is 6.40. The highest BCUT2D eigenvalue weighted by molar-refractivity contribution is 9.10. The number of rotatable bonds is 4. The Bertz CT molecular complexity index is 1000. The summed E-state index contributed by atoms with van der Waals surface area (Å²) in [6, 6.07) is 20.8. The smallest absolute Gasteiger partial charge is 0.0998 e. The summed E-state index contributed by atoms with van der Waals surface area (Å²) in [7, 11) is 0. The minimum absolute atomic E-state index is 0.668. The summed E-state index contributed by atoms with van der Waals surface area (Å²) < 4.78 is 3.29. The van der Waals surface area contributed by atoms with Gasteiger partial charge in [0.05, 0.1) is 11.6 Å². The molecule has 3 rings (SSSR count). The fourth-order valence-electron chi connectivity index (χ4n) is 3.30. The number of nitrogens with zero attached hydrogens (tertiary/aromatic N) is 2. The second-order valence-electron chi connectivity index (χ2n) is 6.32. The third-order valence-corrected chi connectivity index (χ3v) is 5.19. The second-order valence-corrected chi connectivity index (χ2v) is 7.24. The fraction of sp³-hybridized carbons (Fsp3) is 0.174. The van der Waals surface area contributed by atoms with E-state index in [1.165, 1.54) is 16.9 Å². The van der Waals surface area contributed by atoms with Crippen molar-refractivity contribution in [2.45, 2.75) is 27.2 Å². The van der Waals surface area contributed by atoms with Gasteiger partial charge in [-0.3, -0.25) is 0 Å². The number of nitriles is 1. The molecule has 2 nitrogen and oxygen atoms in total. The molecule has 0 radical (unpaired) electrons. The van der Waals surface area contributed by atoms with Crippen molar-refractivity contribution < 1.29 is 0 Å². The normalized spacial score (nSPS) is 11.4. The zero-order chi connectivity index (χ0) is 18.7. The minimum atomic E-state index is 0.668. The minimum Gasteiger partial charge on any atom is -0.318 e. The summed E-state index contributed by atoms with van der Waals surface area (Å²) in [5.41, 5.74) is 7.52. The number of para-hydroxylation sites is 1. The van der Waals surface area contributed by atoms with Crippen LogP contribution in [0.2, 0.25) is 0 Å². The van der Waals surface area contributed by atoms with Gasteiger partial charge in [-0.25, -0.2) is 0 Å². The van der Waals surface area contributed by atoms with Crippen LogP contribution in [0.4, 0.5) is 0 Å². The zero-order valence-corrected chi connectivity index (χ0v) is 16.8. The molecule has 1 aromatic heterocycles. The molecule has 0 amide bonds. The van der Waals surface area contributed by atoms with E-state index in [0.29, 0.717) is 5.57 Å². The molecule has 3 aromatic rings. The van der Waals surface area contributed by atoms with Crippen molar-refractivity contribution in [3.63, 3.8) is 0 Å². The first-order valence-electron chi connectivity index (χ1n) is 8.70. The van der Waals surface area contributed by atoms with E-state index in [1.54, 1.807) is 0 Å². The molecule has 1 heterocycles. The highest BCUT2D eigenvalue weighted by Gasteiger charge is 2.12. The number of benzene rings is 2. The van der Waals surface area contributed by atoms with E-state index < -0.39 is 0 Å². The lowest BCUT2D eigenvalue weighted by Crippen LogP contribution is -2.02. The number of hydrogen-bond acceptors (Lipinski definition) is 1. The zero-order valence-electron chi connectivity index (χ0n) is 15.3. The van der Waals surface area contributed by atoms with Gasteiger partial charge in [0.15, 0.2) is 0 Å². The Morgan fingerprint density at radius 2 is 1.81 bits per heavy atom. The molecule has 0 N–H and O–H groups in total. The van der Waals surface area contributed by atoms with Crippen LogP contribution in [0, 0.1) is 25.2 Å². The Labute approximate surface area is 163 Å². The number of aromatic nitrogens is 1. The van der Waals surface area contributed by atoms with Gasteiger partial charge in [-0.2, -0.15) is 5.26 Å². The molecule has 0 atom stereocenters. The standard InChI is InChI=1S/C23H21BrN2/c1-4-18-7-5-6-8-23(18)26-16(2)13-20(17(26)3)14-21(15-25)19-9-11-22(24)12-10-19/h5-14H,4H2,1-3H3/b21-14-. The lowest BCUT2D eigenvalue weighted by atomic mass is 10.0.